The van der Waals surface area contributed by atoms with Crippen LogP contribution in [0.5, 0.6) is 5.75 Å². The Kier molecular flexibility index (Phi) is 7.59. The summed E-state index contributed by atoms with van der Waals surface area (Å²) in [4.78, 5) is 5.16. The summed E-state index contributed by atoms with van der Waals surface area (Å²) in [5, 5.41) is 18.8. The lowest BCUT2D eigenvalue weighted by Gasteiger charge is -2.18. The van der Waals surface area contributed by atoms with E-state index in [1.54, 1.807) is 18.2 Å². The second-order valence-electron chi connectivity index (χ2n) is 6.21. The molecule has 0 radical (unpaired) electrons. The third kappa shape index (κ3) is 5.87. The zero-order valence-electron chi connectivity index (χ0n) is 14.9. The summed E-state index contributed by atoms with van der Waals surface area (Å²) >= 11 is 18.2. The summed E-state index contributed by atoms with van der Waals surface area (Å²) in [6.07, 6.45) is 0.788. The summed E-state index contributed by atoms with van der Waals surface area (Å²) in [6, 6.07) is 12.8. The van der Waals surface area contributed by atoms with Gasteiger partial charge in [0, 0.05) is 34.3 Å². The molecule has 0 fully saturated rings. The van der Waals surface area contributed by atoms with E-state index in [9.17, 15) is 5.11 Å². The zero-order valence-corrected chi connectivity index (χ0v) is 17.1. The van der Waals surface area contributed by atoms with Crippen molar-refractivity contribution >= 4 is 46.0 Å². The number of hydrogen-bond donors (Lipinski definition) is 2. The summed E-state index contributed by atoms with van der Waals surface area (Å²) in [5.41, 5.74) is 2.47. The van der Waals surface area contributed by atoms with E-state index in [1.165, 1.54) is 6.21 Å². The highest BCUT2D eigenvalue weighted by atomic mass is 35.5. The Hall–Kier alpha value is -1.76. The Labute approximate surface area is 178 Å². The number of nitrogens with one attached hydrogen (secondary N) is 1. The average Bonchev–Trinajstić information content (AvgIpc) is 2.69. The van der Waals surface area contributed by atoms with Crippen molar-refractivity contribution < 1.29 is 14.7 Å². The van der Waals surface area contributed by atoms with Crippen LogP contribution in [0.2, 0.25) is 10.0 Å². The third-order valence-electron chi connectivity index (χ3n) is 4.02. The summed E-state index contributed by atoms with van der Waals surface area (Å²) in [5.74, 6) is 0.676. The van der Waals surface area contributed by atoms with Gasteiger partial charge in [-0.3, -0.25) is 0 Å². The van der Waals surface area contributed by atoms with E-state index in [1.807, 2.05) is 24.3 Å². The van der Waals surface area contributed by atoms with Crippen LogP contribution in [-0.4, -0.2) is 37.2 Å². The van der Waals surface area contributed by atoms with E-state index < -0.39 is 6.10 Å². The molecule has 28 heavy (non-hydrogen) atoms. The fraction of sp³-hybridized carbons (Fsp3) is 0.250. The van der Waals surface area contributed by atoms with Gasteiger partial charge in [0.25, 0.3) is 0 Å². The van der Waals surface area contributed by atoms with Gasteiger partial charge in [-0.15, -0.1) is 0 Å². The second-order valence-corrected chi connectivity index (χ2v) is 7.46. The van der Waals surface area contributed by atoms with Crippen LogP contribution in [-0.2, 0) is 11.4 Å². The van der Waals surface area contributed by atoms with Crippen LogP contribution in [0.3, 0.4) is 0 Å². The van der Waals surface area contributed by atoms with Crippen molar-refractivity contribution in [3.63, 3.8) is 0 Å². The van der Waals surface area contributed by atoms with Crippen molar-refractivity contribution in [2.75, 3.05) is 19.8 Å². The van der Waals surface area contributed by atoms with Crippen LogP contribution in [0.4, 0.5) is 0 Å². The van der Waals surface area contributed by atoms with Gasteiger partial charge in [-0.05, 0) is 35.9 Å². The molecule has 0 bridgehead atoms. The molecule has 2 N–H and O–H groups in total. The molecule has 0 saturated carbocycles. The number of oxime groups is 1. The van der Waals surface area contributed by atoms with Crippen molar-refractivity contribution in [2.24, 2.45) is 5.16 Å². The molecular weight excluding hydrogens is 423 g/mol. The SMILES string of the molecule is OC(CNCc1ccc(Cl)cc1)CON=CC1=C(Cl)c2cc(Cl)ccc2OC1. The minimum absolute atomic E-state index is 0.0539. The first kappa shape index (κ1) is 21.0. The van der Waals surface area contributed by atoms with Gasteiger partial charge in [0.1, 0.15) is 25.1 Å². The van der Waals surface area contributed by atoms with Crippen LogP contribution in [0.15, 0.2) is 53.2 Å². The zero-order chi connectivity index (χ0) is 19.9. The lowest BCUT2D eigenvalue weighted by molar-refractivity contribution is 0.0408. The van der Waals surface area contributed by atoms with Gasteiger partial charge in [0.05, 0.1) is 11.2 Å². The van der Waals surface area contributed by atoms with E-state index in [4.69, 9.17) is 44.4 Å². The van der Waals surface area contributed by atoms with Crippen LogP contribution in [0.1, 0.15) is 11.1 Å². The number of nitrogens with zero attached hydrogens (tertiary/aromatic N) is 1. The van der Waals surface area contributed by atoms with Gasteiger partial charge in [0.2, 0.25) is 0 Å². The molecule has 1 atom stereocenters. The number of rotatable bonds is 8. The van der Waals surface area contributed by atoms with Crippen LogP contribution >= 0.6 is 34.8 Å². The van der Waals surface area contributed by atoms with Gasteiger partial charge in [-0.2, -0.15) is 0 Å². The molecule has 1 unspecified atom stereocenters. The van der Waals surface area contributed by atoms with E-state index >= 15 is 0 Å². The number of halogens is 3. The minimum atomic E-state index is -0.698. The monoisotopic (exact) mass is 440 g/mol. The number of benzene rings is 2. The summed E-state index contributed by atoms with van der Waals surface area (Å²) in [7, 11) is 0. The van der Waals surface area contributed by atoms with E-state index in [2.05, 4.69) is 10.5 Å². The number of aliphatic hydroxyl groups is 1. The average molecular weight is 442 g/mol. The first-order valence-corrected chi connectivity index (χ1v) is 9.76. The third-order valence-corrected chi connectivity index (χ3v) is 4.95. The fourth-order valence-electron chi connectivity index (χ4n) is 2.56. The molecule has 0 amide bonds. The maximum Gasteiger partial charge on any atom is 0.144 e. The van der Waals surface area contributed by atoms with Gasteiger partial charge < -0.3 is 20.0 Å². The summed E-state index contributed by atoms with van der Waals surface area (Å²) < 4.78 is 5.63. The maximum atomic E-state index is 9.96. The molecule has 0 aliphatic carbocycles. The smallest absolute Gasteiger partial charge is 0.144 e. The highest BCUT2D eigenvalue weighted by molar-refractivity contribution is 6.51. The highest BCUT2D eigenvalue weighted by Gasteiger charge is 2.18. The quantitative estimate of drug-likeness (QED) is 0.468. The van der Waals surface area contributed by atoms with Crippen molar-refractivity contribution in [2.45, 2.75) is 12.6 Å². The Bertz CT molecular complexity index is 869. The Balaban J connectivity index is 1.43. The number of aliphatic hydroxyl groups excluding tert-OH is 1. The molecule has 1 aliphatic rings. The molecule has 1 aliphatic heterocycles. The largest absolute Gasteiger partial charge is 0.488 e. The van der Waals surface area contributed by atoms with Gasteiger partial charge >= 0.3 is 0 Å². The topological polar surface area (TPSA) is 63.1 Å². The molecule has 2 aromatic rings. The first-order chi connectivity index (χ1) is 13.5. The molecule has 2 aromatic carbocycles. The normalized spacial score (nSPS) is 14.7. The van der Waals surface area contributed by atoms with Crippen LogP contribution in [0, 0.1) is 0 Å². The Morgan fingerprint density at radius 2 is 1.89 bits per heavy atom. The van der Waals surface area contributed by atoms with Crippen molar-refractivity contribution in [1.29, 1.82) is 0 Å². The van der Waals surface area contributed by atoms with E-state index in [0.29, 0.717) is 45.1 Å². The molecule has 3 rings (SSSR count). The maximum absolute atomic E-state index is 9.96. The minimum Gasteiger partial charge on any atom is -0.488 e. The second kappa shape index (κ2) is 10.1. The van der Waals surface area contributed by atoms with Gasteiger partial charge in [0.15, 0.2) is 0 Å². The molecular formula is C20H19Cl3N2O3. The van der Waals surface area contributed by atoms with Gasteiger partial charge in [-0.1, -0.05) is 52.1 Å². The van der Waals surface area contributed by atoms with Crippen LogP contribution < -0.4 is 10.1 Å². The molecule has 148 valence electrons. The number of ether oxygens (including phenoxy) is 1. The summed E-state index contributed by atoms with van der Waals surface area (Å²) in [6.45, 7) is 1.33. The van der Waals surface area contributed by atoms with Gasteiger partial charge in [-0.25, -0.2) is 0 Å². The molecule has 0 aromatic heterocycles. The molecule has 8 heteroatoms. The Morgan fingerprint density at radius 3 is 2.68 bits per heavy atom. The molecule has 5 nitrogen and oxygen atoms in total. The predicted molar refractivity (Wildman–Crippen MR) is 113 cm³/mol. The first-order valence-electron chi connectivity index (χ1n) is 8.63. The standard InChI is InChI=1S/C20H19Cl3N2O3/c21-15-3-1-13(2-4-15)8-24-10-17(26)12-28-25-9-14-11-27-19-6-5-16(22)7-18(19)20(14)23/h1-7,9,17,24,26H,8,10-12H2. The van der Waals surface area contributed by atoms with Crippen LogP contribution in [0.25, 0.3) is 5.03 Å². The lowest BCUT2D eigenvalue weighted by Crippen LogP contribution is -2.29. The Morgan fingerprint density at radius 1 is 1.14 bits per heavy atom. The fourth-order valence-corrected chi connectivity index (χ4v) is 3.11. The van der Waals surface area contributed by atoms with E-state index in [-0.39, 0.29) is 13.2 Å². The van der Waals surface area contributed by atoms with Crippen molar-refractivity contribution in [3.05, 3.63) is 69.2 Å². The number of fused-ring (bicyclic) bond motifs is 1. The molecule has 0 spiro atoms. The highest BCUT2D eigenvalue weighted by Crippen LogP contribution is 2.36. The van der Waals surface area contributed by atoms with Crippen molar-refractivity contribution in [1.82, 2.24) is 5.32 Å². The van der Waals surface area contributed by atoms with Crippen molar-refractivity contribution in [3.8, 4) is 5.75 Å². The molecule has 1 heterocycles. The van der Waals surface area contributed by atoms with E-state index in [0.717, 1.165) is 5.56 Å². The lowest BCUT2D eigenvalue weighted by atomic mass is 10.1. The molecule has 0 saturated heterocycles. The number of hydrogen-bond acceptors (Lipinski definition) is 5. The predicted octanol–water partition coefficient (Wildman–Crippen LogP) is 4.49.